The number of anilines is 1. The Hall–Kier alpha value is -4.31. The van der Waals surface area contributed by atoms with Crippen LogP contribution in [0, 0.1) is 11.1 Å². The van der Waals surface area contributed by atoms with Crippen LogP contribution in [0.25, 0.3) is 16.8 Å². The van der Waals surface area contributed by atoms with E-state index in [1.165, 1.54) is 17.2 Å². The Morgan fingerprint density at radius 3 is 2.52 bits per heavy atom. The third kappa shape index (κ3) is 6.45. The minimum absolute atomic E-state index is 0.286. The molecule has 1 aliphatic carbocycles. The number of ether oxygens (including phenoxy) is 1. The summed E-state index contributed by atoms with van der Waals surface area (Å²) in [4.78, 5) is 25.8. The molecular weight excluding hydrogens is 532 g/mol. The molecule has 0 radical (unpaired) electrons. The number of pyridine rings is 1. The Kier molecular flexibility index (Phi) is 7.53. The SMILES string of the molecule is CC(C)(C)OC(=O)c1ccc(NC(=O)C(CC2CC2)c2ccc(-c3cc(Cl)ccc3-n3cnnn3)c[n+]2[O-])cc1. The van der Waals surface area contributed by atoms with Gasteiger partial charge in [0.15, 0.2) is 6.20 Å². The van der Waals surface area contributed by atoms with Gasteiger partial charge in [0.05, 0.1) is 11.3 Å². The van der Waals surface area contributed by atoms with E-state index in [1.807, 2.05) is 0 Å². The van der Waals surface area contributed by atoms with Crippen molar-refractivity contribution in [3.8, 4) is 16.8 Å². The molecule has 1 unspecified atom stereocenters. The maximum Gasteiger partial charge on any atom is 0.338 e. The summed E-state index contributed by atoms with van der Waals surface area (Å²) in [6.07, 6.45) is 5.53. The molecule has 1 N–H and O–H groups in total. The zero-order valence-electron chi connectivity index (χ0n) is 22.4. The molecule has 10 nitrogen and oxygen atoms in total. The number of aromatic nitrogens is 5. The van der Waals surface area contributed by atoms with Crippen LogP contribution in [0.2, 0.25) is 5.02 Å². The van der Waals surface area contributed by atoms with Crippen molar-refractivity contribution < 1.29 is 19.1 Å². The second-order valence-corrected chi connectivity index (χ2v) is 11.3. The minimum Gasteiger partial charge on any atom is -0.618 e. The smallest absolute Gasteiger partial charge is 0.338 e. The highest BCUT2D eigenvalue weighted by molar-refractivity contribution is 6.31. The monoisotopic (exact) mass is 560 g/mol. The Bertz CT molecular complexity index is 1530. The first-order valence-corrected chi connectivity index (χ1v) is 13.4. The number of carbonyl (C=O) groups is 2. The number of rotatable bonds is 8. The number of amides is 1. The molecule has 0 bridgehead atoms. The molecule has 206 valence electrons. The van der Waals surface area contributed by atoms with Crippen LogP contribution in [-0.2, 0) is 9.53 Å². The van der Waals surface area contributed by atoms with Crippen LogP contribution in [-0.4, -0.2) is 37.7 Å². The van der Waals surface area contributed by atoms with Gasteiger partial charge in [0, 0.05) is 27.9 Å². The predicted molar refractivity (Wildman–Crippen MR) is 149 cm³/mol. The average Bonchev–Trinajstić information content (AvgIpc) is 3.56. The lowest BCUT2D eigenvalue weighted by atomic mass is 9.95. The number of nitrogens with one attached hydrogen (secondary N) is 1. The molecular formula is C29H29ClN6O4. The Morgan fingerprint density at radius 1 is 1.15 bits per heavy atom. The molecule has 1 atom stereocenters. The first kappa shape index (κ1) is 27.3. The van der Waals surface area contributed by atoms with Gasteiger partial charge >= 0.3 is 5.97 Å². The summed E-state index contributed by atoms with van der Waals surface area (Å²) in [6, 6.07) is 15.2. The summed E-state index contributed by atoms with van der Waals surface area (Å²) in [5, 5.41) is 28.1. The molecule has 0 saturated heterocycles. The third-order valence-corrected chi connectivity index (χ3v) is 6.77. The molecule has 5 rings (SSSR count). The summed E-state index contributed by atoms with van der Waals surface area (Å²) in [5.41, 5.74) is 2.59. The fourth-order valence-electron chi connectivity index (χ4n) is 4.44. The lowest BCUT2D eigenvalue weighted by Gasteiger charge is -2.19. The third-order valence-electron chi connectivity index (χ3n) is 6.54. The number of carbonyl (C=O) groups excluding carboxylic acids is 2. The van der Waals surface area contributed by atoms with E-state index >= 15 is 0 Å². The van der Waals surface area contributed by atoms with Crippen molar-refractivity contribution in [3.63, 3.8) is 0 Å². The van der Waals surface area contributed by atoms with Gasteiger partial charge in [-0.05, 0) is 92.1 Å². The van der Waals surface area contributed by atoms with Crippen LogP contribution in [0.4, 0.5) is 5.69 Å². The van der Waals surface area contributed by atoms with Crippen molar-refractivity contribution in [2.45, 2.75) is 51.6 Å². The molecule has 1 aliphatic rings. The van der Waals surface area contributed by atoms with Gasteiger partial charge in [-0.3, -0.25) is 4.79 Å². The van der Waals surface area contributed by atoms with Gasteiger partial charge in [0.25, 0.3) is 0 Å². The zero-order chi connectivity index (χ0) is 28.4. The lowest BCUT2D eigenvalue weighted by Crippen LogP contribution is -2.37. The van der Waals surface area contributed by atoms with Crippen molar-refractivity contribution in [2.75, 3.05) is 5.32 Å². The van der Waals surface area contributed by atoms with E-state index in [0.717, 1.165) is 17.6 Å². The predicted octanol–water partition coefficient (Wildman–Crippen LogP) is 5.09. The summed E-state index contributed by atoms with van der Waals surface area (Å²) < 4.78 is 7.64. The number of tetrazole rings is 1. The summed E-state index contributed by atoms with van der Waals surface area (Å²) >= 11 is 6.26. The van der Waals surface area contributed by atoms with Crippen molar-refractivity contribution in [3.05, 3.63) is 88.6 Å². The van der Waals surface area contributed by atoms with Gasteiger partial charge < -0.3 is 15.3 Å². The average molecular weight is 561 g/mol. The second kappa shape index (κ2) is 11.1. The van der Waals surface area contributed by atoms with Crippen molar-refractivity contribution in [1.82, 2.24) is 20.2 Å². The normalized spacial score (nSPS) is 14.0. The minimum atomic E-state index is -0.650. The van der Waals surface area contributed by atoms with E-state index in [-0.39, 0.29) is 5.91 Å². The molecule has 0 spiro atoms. The number of hydrogen-bond acceptors (Lipinski definition) is 7. The largest absolute Gasteiger partial charge is 0.618 e. The maximum atomic E-state index is 13.4. The van der Waals surface area contributed by atoms with Gasteiger partial charge in [-0.2, -0.15) is 9.41 Å². The second-order valence-electron chi connectivity index (χ2n) is 10.9. The number of esters is 1. The van der Waals surface area contributed by atoms with E-state index < -0.39 is 17.5 Å². The summed E-state index contributed by atoms with van der Waals surface area (Å²) in [6.45, 7) is 5.41. The van der Waals surface area contributed by atoms with E-state index in [4.69, 9.17) is 16.3 Å². The molecule has 1 saturated carbocycles. The van der Waals surface area contributed by atoms with Gasteiger partial charge in [-0.1, -0.05) is 24.4 Å². The molecule has 40 heavy (non-hydrogen) atoms. The van der Waals surface area contributed by atoms with Gasteiger partial charge in [-0.25, -0.2) is 4.79 Å². The molecule has 2 heterocycles. The standard InChI is InChI=1S/C29H29ClN6O4/c1-29(2,3)40-28(38)19-6-10-22(11-7-19)32-27(37)24(14-18-4-5-18)26-12-8-20(16-36(26)39)23-15-21(30)9-13-25(23)35-17-31-33-34-35/h6-13,15-18,24H,4-5,14H2,1-3H3,(H,32,37). The highest BCUT2D eigenvalue weighted by Crippen LogP contribution is 2.39. The number of nitrogens with zero attached hydrogens (tertiary/aromatic N) is 5. The van der Waals surface area contributed by atoms with Crippen LogP contribution >= 0.6 is 11.6 Å². The number of halogens is 1. The molecule has 1 amide bonds. The van der Waals surface area contributed by atoms with E-state index in [9.17, 15) is 14.8 Å². The number of hydrogen-bond donors (Lipinski definition) is 1. The maximum absolute atomic E-state index is 13.4. The summed E-state index contributed by atoms with van der Waals surface area (Å²) in [7, 11) is 0. The van der Waals surface area contributed by atoms with Crippen LogP contribution in [0.1, 0.15) is 62.0 Å². The van der Waals surface area contributed by atoms with Crippen LogP contribution in [0.5, 0.6) is 0 Å². The van der Waals surface area contributed by atoms with Crippen LogP contribution < -0.4 is 10.0 Å². The number of benzene rings is 2. The van der Waals surface area contributed by atoms with Crippen molar-refractivity contribution in [1.29, 1.82) is 0 Å². The highest BCUT2D eigenvalue weighted by Gasteiger charge is 2.35. The fourth-order valence-corrected chi connectivity index (χ4v) is 4.61. The zero-order valence-corrected chi connectivity index (χ0v) is 23.1. The van der Waals surface area contributed by atoms with Crippen LogP contribution in [0.3, 0.4) is 0 Å². The lowest BCUT2D eigenvalue weighted by molar-refractivity contribution is -0.614. The van der Waals surface area contributed by atoms with Gasteiger partial charge in [0.2, 0.25) is 11.6 Å². The molecule has 4 aromatic rings. The van der Waals surface area contributed by atoms with Crippen LogP contribution in [0.15, 0.2) is 67.1 Å². The van der Waals surface area contributed by atoms with Crippen molar-refractivity contribution >= 4 is 29.2 Å². The first-order chi connectivity index (χ1) is 19.1. The van der Waals surface area contributed by atoms with E-state index in [2.05, 4.69) is 20.8 Å². The Balaban J connectivity index is 1.38. The fraction of sp³-hybridized carbons (Fsp3) is 0.310. The Morgan fingerprint density at radius 2 is 1.90 bits per heavy atom. The van der Waals surface area contributed by atoms with E-state index in [0.29, 0.717) is 51.1 Å². The topological polar surface area (TPSA) is 126 Å². The van der Waals surface area contributed by atoms with Gasteiger partial charge in [0.1, 0.15) is 17.8 Å². The highest BCUT2D eigenvalue weighted by atomic mass is 35.5. The Labute approximate surface area is 236 Å². The quantitative estimate of drug-likeness (QED) is 0.181. The van der Waals surface area contributed by atoms with Gasteiger partial charge in [-0.15, -0.1) is 5.10 Å². The molecule has 2 aromatic heterocycles. The molecule has 0 aliphatic heterocycles. The first-order valence-electron chi connectivity index (χ1n) is 13.0. The summed E-state index contributed by atoms with van der Waals surface area (Å²) in [5.74, 6) is -0.980. The van der Waals surface area contributed by atoms with E-state index in [1.54, 1.807) is 75.4 Å². The molecule has 11 heteroatoms. The molecule has 2 aromatic carbocycles. The molecule has 1 fully saturated rings. The van der Waals surface area contributed by atoms with Crippen molar-refractivity contribution in [2.24, 2.45) is 5.92 Å².